The van der Waals surface area contributed by atoms with Gasteiger partial charge in [-0.3, -0.25) is 14.4 Å². The number of nitrogens with one attached hydrogen (secondary N) is 3. The highest BCUT2D eigenvalue weighted by Gasteiger charge is 2.11. The van der Waals surface area contributed by atoms with Crippen LogP contribution in [0.4, 0.5) is 0 Å². The fourth-order valence-corrected chi connectivity index (χ4v) is 1.86. The lowest BCUT2D eigenvalue weighted by molar-refractivity contribution is -0.129. The first kappa shape index (κ1) is 21.2. The third-order valence-electron chi connectivity index (χ3n) is 2.60. The molecule has 0 aliphatic carbocycles. The van der Waals surface area contributed by atoms with Crippen molar-refractivity contribution < 1.29 is 14.4 Å². The monoisotopic (exact) mass is 374 g/mol. The standard InChI is InChI=1S/C12H21Cl3N4O3/c13-7-10(20)17-2-1-16-3-5-19(12(22)9-15)6-4-18-11(21)8-14/h16H,1-9H2,(H,17,20)(H,18,21). The van der Waals surface area contributed by atoms with Crippen LogP contribution in [0.1, 0.15) is 0 Å². The zero-order valence-corrected chi connectivity index (χ0v) is 14.4. The molecule has 3 amide bonds. The molecule has 0 aromatic rings. The van der Waals surface area contributed by atoms with Gasteiger partial charge < -0.3 is 20.9 Å². The van der Waals surface area contributed by atoms with Gasteiger partial charge in [-0.25, -0.2) is 0 Å². The Morgan fingerprint density at radius 2 is 1.27 bits per heavy atom. The SMILES string of the molecule is O=C(CCl)NCCNCCN(CCNC(=O)CCl)C(=O)CCl. The Hall–Kier alpha value is -0.760. The van der Waals surface area contributed by atoms with Crippen LogP contribution in [0, 0.1) is 0 Å². The second-order valence-electron chi connectivity index (χ2n) is 4.23. The van der Waals surface area contributed by atoms with Gasteiger partial charge in [0.05, 0.1) is 0 Å². The summed E-state index contributed by atoms with van der Waals surface area (Å²) in [6, 6.07) is 0. The Bertz CT molecular complexity index is 359. The molecule has 7 nitrogen and oxygen atoms in total. The summed E-state index contributed by atoms with van der Waals surface area (Å²) in [7, 11) is 0. The van der Waals surface area contributed by atoms with Crippen LogP contribution in [0.3, 0.4) is 0 Å². The first-order valence-corrected chi connectivity index (χ1v) is 8.35. The highest BCUT2D eigenvalue weighted by Crippen LogP contribution is 1.91. The van der Waals surface area contributed by atoms with E-state index in [1.165, 1.54) is 0 Å². The zero-order valence-electron chi connectivity index (χ0n) is 12.2. The van der Waals surface area contributed by atoms with Crippen molar-refractivity contribution in [2.75, 3.05) is 56.9 Å². The van der Waals surface area contributed by atoms with Gasteiger partial charge in [-0.05, 0) is 0 Å². The number of rotatable bonds is 12. The normalized spacial score (nSPS) is 10.1. The number of carbonyl (C=O) groups is 3. The largest absolute Gasteiger partial charge is 0.354 e. The molecule has 0 spiro atoms. The summed E-state index contributed by atoms with van der Waals surface area (Å²) in [5.41, 5.74) is 0. The molecular weight excluding hydrogens is 355 g/mol. The maximum absolute atomic E-state index is 11.7. The van der Waals surface area contributed by atoms with E-state index >= 15 is 0 Å². The minimum Gasteiger partial charge on any atom is -0.354 e. The van der Waals surface area contributed by atoms with Crippen LogP contribution in [0.5, 0.6) is 0 Å². The van der Waals surface area contributed by atoms with Gasteiger partial charge in [0.15, 0.2) is 0 Å². The molecule has 0 saturated carbocycles. The van der Waals surface area contributed by atoms with Crippen LogP contribution in [0.15, 0.2) is 0 Å². The summed E-state index contributed by atoms with van der Waals surface area (Å²) >= 11 is 16.2. The number of hydrogen-bond acceptors (Lipinski definition) is 4. The molecule has 0 aliphatic rings. The first-order valence-electron chi connectivity index (χ1n) is 6.75. The highest BCUT2D eigenvalue weighted by molar-refractivity contribution is 6.27. The van der Waals surface area contributed by atoms with E-state index in [0.29, 0.717) is 39.3 Å². The number of alkyl halides is 3. The molecule has 3 N–H and O–H groups in total. The zero-order chi connectivity index (χ0) is 16.8. The molecule has 22 heavy (non-hydrogen) atoms. The van der Waals surface area contributed by atoms with E-state index in [4.69, 9.17) is 34.8 Å². The van der Waals surface area contributed by atoms with Crippen molar-refractivity contribution in [2.45, 2.75) is 0 Å². The maximum atomic E-state index is 11.7. The van der Waals surface area contributed by atoms with Gasteiger partial charge in [0.25, 0.3) is 0 Å². The summed E-state index contributed by atoms with van der Waals surface area (Å²) in [5.74, 6) is -1.01. The average molecular weight is 376 g/mol. The average Bonchev–Trinajstić information content (AvgIpc) is 2.54. The fourth-order valence-electron chi connectivity index (χ4n) is 1.50. The van der Waals surface area contributed by atoms with Gasteiger partial charge in [0.1, 0.15) is 17.6 Å². The van der Waals surface area contributed by atoms with Crippen LogP contribution in [0.25, 0.3) is 0 Å². The van der Waals surface area contributed by atoms with Gasteiger partial charge in [-0.2, -0.15) is 0 Å². The van der Waals surface area contributed by atoms with Gasteiger partial charge in [0.2, 0.25) is 17.7 Å². The summed E-state index contributed by atoms with van der Waals surface area (Å²) in [4.78, 5) is 35.1. The molecule has 0 aromatic carbocycles. The van der Waals surface area contributed by atoms with E-state index in [9.17, 15) is 14.4 Å². The molecule has 0 unspecified atom stereocenters. The lowest BCUT2D eigenvalue weighted by Gasteiger charge is -2.22. The molecule has 0 bridgehead atoms. The molecule has 0 aromatic heterocycles. The molecule has 0 heterocycles. The Morgan fingerprint density at radius 1 is 0.727 bits per heavy atom. The number of halogens is 3. The van der Waals surface area contributed by atoms with Crippen molar-refractivity contribution in [1.82, 2.24) is 20.9 Å². The van der Waals surface area contributed by atoms with Gasteiger partial charge in [0, 0.05) is 39.3 Å². The topological polar surface area (TPSA) is 90.5 Å². The summed E-state index contributed by atoms with van der Waals surface area (Å²) < 4.78 is 0. The fraction of sp³-hybridized carbons (Fsp3) is 0.750. The lowest BCUT2D eigenvalue weighted by atomic mass is 10.4. The molecule has 10 heteroatoms. The summed E-state index contributed by atoms with van der Waals surface area (Å²) in [6.45, 7) is 2.70. The van der Waals surface area contributed by atoms with Crippen LogP contribution >= 0.6 is 34.8 Å². The first-order chi connectivity index (χ1) is 10.5. The maximum Gasteiger partial charge on any atom is 0.237 e. The Morgan fingerprint density at radius 3 is 1.82 bits per heavy atom. The van der Waals surface area contributed by atoms with Gasteiger partial charge in [-0.15, -0.1) is 34.8 Å². The molecule has 0 aliphatic heterocycles. The third-order valence-corrected chi connectivity index (χ3v) is 3.31. The molecule has 0 atom stereocenters. The van der Waals surface area contributed by atoms with E-state index in [1.54, 1.807) is 4.90 Å². The molecule has 0 saturated heterocycles. The summed E-state index contributed by atoms with van der Waals surface area (Å²) in [5, 5.41) is 8.28. The van der Waals surface area contributed by atoms with Crippen LogP contribution in [0.2, 0.25) is 0 Å². The quantitative estimate of drug-likeness (QED) is 0.312. The smallest absolute Gasteiger partial charge is 0.237 e. The van der Waals surface area contributed by atoms with E-state index in [-0.39, 0.29) is 35.4 Å². The predicted molar refractivity (Wildman–Crippen MR) is 87.6 cm³/mol. The van der Waals surface area contributed by atoms with E-state index < -0.39 is 0 Å². The van der Waals surface area contributed by atoms with Crippen molar-refractivity contribution in [3.63, 3.8) is 0 Å². The molecule has 0 fully saturated rings. The van der Waals surface area contributed by atoms with Crippen molar-refractivity contribution >= 4 is 52.5 Å². The Labute approximate surface area is 145 Å². The molecule has 0 radical (unpaired) electrons. The van der Waals surface area contributed by atoms with Crippen molar-refractivity contribution in [2.24, 2.45) is 0 Å². The van der Waals surface area contributed by atoms with Crippen LogP contribution in [-0.4, -0.2) is 79.5 Å². The second-order valence-corrected chi connectivity index (χ2v) is 5.03. The van der Waals surface area contributed by atoms with Crippen molar-refractivity contribution in [3.8, 4) is 0 Å². The van der Waals surface area contributed by atoms with Crippen LogP contribution in [-0.2, 0) is 14.4 Å². The van der Waals surface area contributed by atoms with Crippen molar-refractivity contribution in [1.29, 1.82) is 0 Å². The summed E-state index contributed by atoms with van der Waals surface area (Å²) in [6.07, 6.45) is 0. The van der Waals surface area contributed by atoms with Gasteiger partial charge >= 0.3 is 0 Å². The third kappa shape index (κ3) is 10.9. The predicted octanol–water partition coefficient (Wildman–Crippen LogP) is -0.647. The molecule has 128 valence electrons. The second kappa shape index (κ2) is 13.9. The van der Waals surface area contributed by atoms with Crippen molar-refractivity contribution in [3.05, 3.63) is 0 Å². The molecule has 0 rings (SSSR count). The highest BCUT2D eigenvalue weighted by atomic mass is 35.5. The van der Waals surface area contributed by atoms with E-state index in [0.717, 1.165) is 0 Å². The minimum absolute atomic E-state index is 0.0635. The Balaban J connectivity index is 3.88. The van der Waals surface area contributed by atoms with Gasteiger partial charge in [-0.1, -0.05) is 0 Å². The number of amides is 3. The van der Waals surface area contributed by atoms with Crippen LogP contribution < -0.4 is 16.0 Å². The van der Waals surface area contributed by atoms with E-state index in [1.807, 2.05) is 0 Å². The Kier molecular flexibility index (Phi) is 13.4. The lowest BCUT2D eigenvalue weighted by Crippen LogP contribution is -2.43. The van der Waals surface area contributed by atoms with E-state index in [2.05, 4.69) is 16.0 Å². The minimum atomic E-state index is -0.284. The number of nitrogens with zero attached hydrogens (tertiary/aromatic N) is 1. The number of hydrogen-bond donors (Lipinski definition) is 3. The molecular formula is C12H21Cl3N4O3. The number of carbonyl (C=O) groups excluding carboxylic acids is 3.